The van der Waals surface area contributed by atoms with Crippen molar-refractivity contribution in [3.8, 4) is 5.75 Å². The third kappa shape index (κ3) is 3.03. The molecule has 1 saturated heterocycles. The molecule has 1 fully saturated rings. The molecule has 24 heavy (non-hydrogen) atoms. The molecular weight excluding hydrogens is 350 g/mol. The van der Waals surface area contributed by atoms with E-state index >= 15 is 0 Å². The second kappa shape index (κ2) is 6.74. The number of nitrogens with zero attached hydrogens (tertiary/aromatic N) is 3. The van der Waals surface area contributed by atoms with Crippen LogP contribution >= 0.6 is 11.6 Å². The first-order valence-electron chi connectivity index (χ1n) is 7.78. The molecule has 0 bridgehead atoms. The molecule has 2 aromatic rings. The van der Waals surface area contributed by atoms with Crippen LogP contribution in [0.2, 0.25) is 5.02 Å². The zero-order valence-corrected chi connectivity index (χ0v) is 15.2. The van der Waals surface area contributed by atoms with Crippen LogP contribution < -0.4 is 4.74 Å². The van der Waals surface area contributed by atoms with Crippen LogP contribution in [0, 0.1) is 0 Å². The number of methoxy groups -OCH3 is 1. The number of piperidine rings is 1. The molecule has 0 aliphatic carbocycles. The van der Waals surface area contributed by atoms with Crippen LogP contribution in [0.1, 0.15) is 31.0 Å². The number of aryl methyl sites for hydroxylation is 1. The molecule has 1 atom stereocenters. The molecule has 1 unspecified atom stereocenters. The van der Waals surface area contributed by atoms with Crippen molar-refractivity contribution in [1.82, 2.24) is 14.1 Å². The van der Waals surface area contributed by atoms with Crippen LogP contribution in [-0.2, 0) is 17.1 Å². The summed E-state index contributed by atoms with van der Waals surface area (Å²) < 4.78 is 34.7. The van der Waals surface area contributed by atoms with Crippen molar-refractivity contribution in [2.75, 3.05) is 13.7 Å². The number of hydrogen-bond acceptors (Lipinski definition) is 4. The van der Waals surface area contributed by atoms with Gasteiger partial charge in [-0.25, -0.2) is 8.42 Å². The standard InChI is InChI=1S/C16H20ClN3O3S/c1-19-14(8-9-18-19)15-5-3-4-10-20(15)24(21,22)12-6-7-16(23-2)13(17)11-12/h6-9,11,15H,3-5,10H2,1-2H3. The first-order valence-corrected chi connectivity index (χ1v) is 9.60. The molecule has 8 heteroatoms. The number of aromatic nitrogens is 2. The lowest BCUT2D eigenvalue weighted by Gasteiger charge is -2.34. The van der Waals surface area contributed by atoms with E-state index in [2.05, 4.69) is 5.10 Å². The zero-order valence-electron chi connectivity index (χ0n) is 13.6. The quantitative estimate of drug-likeness (QED) is 0.831. The molecule has 3 rings (SSSR count). The molecule has 0 N–H and O–H groups in total. The average molecular weight is 370 g/mol. The lowest BCUT2D eigenvalue weighted by molar-refractivity contribution is 0.246. The Balaban J connectivity index is 2.00. The van der Waals surface area contributed by atoms with E-state index in [0.29, 0.717) is 12.3 Å². The summed E-state index contributed by atoms with van der Waals surface area (Å²) in [5.41, 5.74) is 0.901. The highest BCUT2D eigenvalue weighted by molar-refractivity contribution is 7.89. The van der Waals surface area contributed by atoms with E-state index in [1.54, 1.807) is 21.3 Å². The van der Waals surface area contributed by atoms with Crippen LogP contribution in [0.3, 0.4) is 0 Å². The third-order valence-electron chi connectivity index (χ3n) is 4.38. The van der Waals surface area contributed by atoms with Crippen LogP contribution in [0.4, 0.5) is 0 Å². The van der Waals surface area contributed by atoms with E-state index in [0.717, 1.165) is 25.0 Å². The Bertz CT molecular complexity index is 835. The summed E-state index contributed by atoms with van der Waals surface area (Å²) in [5, 5.41) is 4.46. The van der Waals surface area contributed by atoms with Gasteiger partial charge >= 0.3 is 0 Å². The minimum absolute atomic E-state index is 0.183. The summed E-state index contributed by atoms with van der Waals surface area (Å²) in [5.74, 6) is 0.456. The Morgan fingerprint density at radius 1 is 1.29 bits per heavy atom. The predicted molar refractivity (Wildman–Crippen MR) is 91.7 cm³/mol. The minimum Gasteiger partial charge on any atom is -0.495 e. The largest absolute Gasteiger partial charge is 0.495 e. The Morgan fingerprint density at radius 3 is 2.71 bits per heavy atom. The van der Waals surface area contributed by atoms with E-state index in [9.17, 15) is 8.42 Å². The molecule has 0 amide bonds. The highest BCUT2D eigenvalue weighted by Gasteiger charge is 2.36. The number of rotatable bonds is 4. The average Bonchev–Trinajstić information content (AvgIpc) is 3.00. The maximum atomic E-state index is 13.2. The van der Waals surface area contributed by atoms with Gasteiger partial charge in [-0.15, -0.1) is 0 Å². The van der Waals surface area contributed by atoms with Gasteiger partial charge in [0.15, 0.2) is 0 Å². The Hall–Kier alpha value is -1.57. The van der Waals surface area contributed by atoms with Gasteiger partial charge in [0.1, 0.15) is 5.75 Å². The van der Waals surface area contributed by atoms with Crippen molar-refractivity contribution >= 4 is 21.6 Å². The van der Waals surface area contributed by atoms with Gasteiger partial charge in [0.2, 0.25) is 10.0 Å². The van der Waals surface area contributed by atoms with Gasteiger partial charge in [-0.2, -0.15) is 9.40 Å². The maximum absolute atomic E-state index is 13.2. The molecule has 2 heterocycles. The van der Waals surface area contributed by atoms with Crippen molar-refractivity contribution in [2.45, 2.75) is 30.2 Å². The fourth-order valence-corrected chi connectivity index (χ4v) is 5.16. The van der Waals surface area contributed by atoms with Crippen molar-refractivity contribution in [3.05, 3.63) is 41.2 Å². The molecule has 6 nitrogen and oxygen atoms in total. The highest BCUT2D eigenvalue weighted by atomic mass is 35.5. The molecule has 1 aliphatic rings. The lowest BCUT2D eigenvalue weighted by atomic mass is 10.0. The molecule has 0 radical (unpaired) electrons. The van der Waals surface area contributed by atoms with Gasteiger partial charge in [0, 0.05) is 19.8 Å². The molecule has 130 valence electrons. The van der Waals surface area contributed by atoms with Crippen molar-refractivity contribution in [2.24, 2.45) is 7.05 Å². The zero-order chi connectivity index (χ0) is 17.3. The lowest BCUT2D eigenvalue weighted by Crippen LogP contribution is -2.39. The highest BCUT2D eigenvalue weighted by Crippen LogP contribution is 2.36. The minimum atomic E-state index is -3.65. The van der Waals surface area contributed by atoms with Gasteiger partial charge in [0.05, 0.1) is 28.8 Å². The van der Waals surface area contributed by atoms with Gasteiger partial charge < -0.3 is 4.74 Å². The molecular formula is C16H20ClN3O3S. The SMILES string of the molecule is COc1ccc(S(=O)(=O)N2CCCCC2c2ccnn2C)cc1Cl. The van der Waals surface area contributed by atoms with E-state index in [4.69, 9.17) is 16.3 Å². The summed E-state index contributed by atoms with van der Waals surface area (Å²) >= 11 is 6.11. The predicted octanol–water partition coefficient (Wildman–Crippen LogP) is 3.00. The number of hydrogen-bond donors (Lipinski definition) is 0. The normalized spacial score (nSPS) is 19.4. The summed E-state index contributed by atoms with van der Waals surface area (Å²) in [6.45, 7) is 0.488. The van der Waals surface area contributed by atoms with Gasteiger partial charge in [0.25, 0.3) is 0 Å². The van der Waals surface area contributed by atoms with E-state index in [1.165, 1.54) is 19.2 Å². The Morgan fingerprint density at radius 2 is 2.08 bits per heavy atom. The Kier molecular flexibility index (Phi) is 4.85. The molecule has 0 spiro atoms. The fourth-order valence-electron chi connectivity index (χ4n) is 3.14. The van der Waals surface area contributed by atoms with Gasteiger partial charge in [-0.1, -0.05) is 18.0 Å². The van der Waals surface area contributed by atoms with Crippen molar-refractivity contribution < 1.29 is 13.2 Å². The van der Waals surface area contributed by atoms with Crippen LogP contribution in [0.5, 0.6) is 5.75 Å². The molecule has 1 aromatic heterocycles. The topological polar surface area (TPSA) is 64.4 Å². The first-order chi connectivity index (χ1) is 11.4. The van der Waals surface area contributed by atoms with E-state index < -0.39 is 10.0 Å². The molecule has 1 aliphatic heterocycles. The summed E-state index contributed by atoms with van der Waals surface area (Å²) in [7, 11) is -0.318. The van der Waals surface area contributed by atoms with E-state index in [1.807, 2.05) is 13.1 Å². The smallest absolute Gasteiger partial charge is 0.243 e. The fraction of sp³-hybridized carbons (Fsp3) is 0.438. The van der Waals surface area contributed by atoms with Gasteiger partial charge in [-0.3, -0.25) is 4.68 Å². The molecule has 0 saturated carbocycles. The van der Waals surface area contributed by atoms with Gasteiger partial charge in [-0.05, 0) is 37.1 Å². The second-order valence-corrected chi connectivity index (χ2v) is 8.10. The summed E-state index contributed by atoms with van der Waals surface area (Å²) in [4.78, 5) is 0.183. The summed E-state index contributed by atoms with van der Waals surface area (Å²) in [6, 6.07) is 6.23. The van der Waals surface area contributed by atoms with Crippen molar-refractivity contribution in [3.63, 3.8) is 0 Å². The monoisotopic (exact) mass is 369 g/mol. The number of sulfonamides is 1. The van der Waals surface area contributed by atoms with E-state index in [-0.39, 0.29) is 16.0 Å². The second-order valence-electron chi connectivity index (χ2n) is 5.80. The third-order valence-corrected chi connectivity index (χ3v) is 6.58. The van der Waals surface area contributed by atoms with Crippen LogP contribution in [0.15, 0.2) is 35.4 Å². The summed E-state index contributed by atoms with van der Waals surface area (Å²) in [6.07, 6.45) is 4.31. The number of halogens is 1. The number of benzene rings is 1. The van der Waals surface area contributed by atoms with Crippen molar-refractivity contribution in [1.29, 1.82) is 0 Å². The molecule has 1 aromatic carbocycles. The first kappa shape index (κ1) is 17.3. The Labute approximate surface area is 147 Å². The van der Waals surface area contributed by atoms with Crippen LogP contribution in [-0.4, -0.2) is 36.2 Å². The van der Waals surface area contributed by atoms with Crippen LogP contribution in [0.25, 0.3) is 0 Å². The number of ether oxygens (including phenoxy) is 1. The maximum Gasteiger partial charge on any atom is 0.243 e.